The molecule has 3 rings (SSSR count). The first-order valence-corrected chi connectivity index (χ1v) is 12.1. The van der Waals surface area contributed by atoms with E-state index < -0.39 is 12.7 Å². The second-order valence-corrected chi connectivity index (χ2v) is 9.45. The largest absolute Gasteiger partial charge is 0.393 e. The molecule has 7 nitrogen and oxygen atoms in total. The maximum Gasteiger partial charge on any atom is 0.253 e. The van der Waals surface area contributed by atoms with Gasteiger partial charge in [0.05, 0.1) is 6.61 Å². The second-order valence-electron chi connectivity index (χ2n) is 9.45. The monoisotopic (exact) mass is 445 g/mol. The summed E-state index contributed by atoms with van der Waals surface area (Å²) < 4.78 is 0. The van der Waals surface area contributed by atoms with E-state index in [0.717, 1.165) is 45.1 Å². The number of hydrogen-bond donors (Lipinski definition) is 3. The van der Waals surface area contributed by atoms with Crippen molar-refractivity contribution >= 4 is 11.8 Å². The van der Waals surface area contributed by atoms with Crippen molar-refractivity contribution in [1.29, 1.82) is 0 Å². The lowest BCUT2D eigenvalue weighted by Gasteiger charge is -2.40. The lowest BCUT2D eigenvalue weighted by atomic mass is 9.84. The van der Waals surface area contributed by atoms with Gasteiger partial charge in [-0.15, -0.1) is 0 Å². The van der Waals surface area contributed by atoms with Crippen LogP contribution in [0.4, 0.5) is 0 Å². The van der Waals surface area contributed by atoms with Crippen LogP contribution in [0.5, 0.6) is 0 Å². The molecule has 2 heterocycles. The molecule has 4 N–H and O–H groups in total. The normalized spacial score (nSPS) is 24.0. The Morgan fingerprint density at radius 2 is 1.84 bits per heavy atom. The average Bonchev–Trinajstić information content (AvgIpc) is 3.04. The molecule has 0 aliphatic carbocycles. The molecular weight excluding hydrogens is 406 g/mol. The predicted octanol–water partition coefficient (Wildman–Crippen LogP) is 2.11. The van der Waals surface area contributed by atoms with Gasteiger partial charge in [-0.2, -0.15) is 0 Å². The van der Waals surface area contributed by atoms with Gasteiger partial charge < -0.3 is 20.8 Å². The Labute approximate surface area is 191 Å². The van der Waals surface area contributed by atoms with Crippen molar-refractivity contribution in [1.82, 2.24) is 9.80 Å². The minimum Gasteiger partial charge on any atom is -0.393 e. The van der Waals surface area contributed by atoms with Crippen LogP contribution >= 0.6 is 0 Å². The summed E-state index contributed by atoms with van der Waals surface area (Å²) in [5.41, 5.74) is 7.22. The topological polar surface area (TPSA) is 107 Å². The van der Waals surface area contributed by atoms with Crippen molar-refractivity contribution < 1.29 is 19.8 Å². The molecule has 0 spiro atoms. The van der Waals surface area contributed by atoms with E-state index in [4.69, 9.17) is 5.73 Å². The third-order valence-corrected chi connectivity index (χ3v) is 7.56. The van der Waals surface area contributed by atoms with Crippen LogP contribution in [-0.4, -0.2) is 76.3 Å². The number of aliphatic hydroxyl groups is 2. The maximum atomic E-state index is 12.7. The van der Waals surface area contributed by atoms with E-state index in [0.29, 0.717) is 42.6 Å². The van der Waals surface area contributed by atoms with Crippen LogP contribution in [0, 0.1) is 5.92 Å². The highest BCUT2D eigenvalue weighted by Crippen LogP contribution is 2.43. The predicted molar refractivity (Wildman–Crippen MR) is 124 cm³/mol. The highest BCUT2D eigenvalue weighted by molar-refractivity contribution is 5.92. The number of benzene rings is 1. The molecule has 2 fully saturated rings. The van der Waals surface area contributed by atoms with Gasteiger partial charge in [-0.05, 0) is 55.2 Å². The first kappa shape index (κ1) is 24.7. The molecular formula is C25H39N3O4. The quantitative estimate of drug-likeness (QED) is 0.484. The number of fused-ring (bicyclic) bond motifs is 2. The Balaban J connectivity index is 1.64. The van der Waals surface area contributed by atoms with Gasteiger partial charge in [0.15, 0.2) is 6.10 Å². The van der Waals surface area contributed by atoms with Gasteiger partial charge >= 0.3 is 0 Å². The fourth-order valence-corrected chi connectivity index (χ4v) is 5.53. The maximum absolute atomic E-state index is 12.7. The van der Waals surface area contributed by atoms with E-state index in [-0.39, 0.29) is 11.8 Å². The number of hydrogen-bond acceptors (Lipinski definition) is 5. The van der Waals surface area contributed by atoms with Crippen molar-refractivity contribution in [2.45, 2.75) is 76.5 Å². The van der Waals surface area contributed by atoms with Crippen LogP contribution in [-0.2, 0) is 4.79 Å². The van der Waals surface area contributed by atoms with E-state index in [1.165, 1.54) is 5.56 Å². The van der Waals surface area contributed by atoms with Gasteiger partial charge in [0, 0.05) is 37.3 Å². The number of amides is 2. The Kier molecular flexibility index (Phi) is 8.68. The Hall–Kier alpha value is -1.96. The number of aliphatic hydroxyl groups excluding tert-OH is 2. The molecule has 2 aliphatic heterocycles. The molecule has 2 unspecified atom stereocenters. The molecule has 0 radical (unpaired) electrons. The fourth-order valence-electron chi connectivity index (χ4n) is 5.53. The van der Waals surface area contributed by atoms with Crippen LogP contribution < -0.4 is 5.73 Å². The van der Waals surface area contributed by atoms with Gasteiger partial charge in [-0.3, -0.25) is 14.5 Å². The minimum atomic E-state index is -1.34. The zero-order chi connectivity index (χ0) is 23.3. The molecule has 32 heavy (non-hydrogen) atoms. The van der Waals surface area contributed by atoms with Crippen molar-refractivity contribution in [3.05, 3.63) is 35.4 Å². The first-order valence-electron chi connectivity index (χ1n) is 12.1. The van der Waals surface area contributed by atoms with Gasteiger partial charge in [-0.25, -0.2) is 0 Å². The number of piperidine rings is 1. The Morgan fingerprint density at radius 1 is 1.19 bits per heavy atom. The molecule has 7 heteroatoms. The highest BCUT2D eigenvalue weighted by Gasteiger charge is 2.41. The third-order valence-electron chi connectivity index (χ3n) is 7.56. The molecule has 0 saturated carbocycles. The Morgan fingerprint density at radius 3 is 2.41 bits per heavy atom. The molecule has 1 aromatic carbocycles. The van der Waals surface area contributed by atoms with Gasteiger partial charge in [0.2, 0.25) is 5.91 Å². The van der Waals surface area contributed by atoms with E-state index in [1.807, 2.05) is 12.1 Å². The molecule has 2 saturated heterocycles. The van der Waals surface area contributed by atoms with Gasteiger partial charge in [0.1, 0.15) is 0 Å². The van der Waals surface area contributed by atoms with Crippen molar-refractivity contribution in [3.63, 3.8) is 0 Å². The summed E-state index contributed by atoms with van der Waals surface area (Å²) >= 11 is 0. The Bertz CT molecular complexity index is 768. The summed E-state index contributed by atoms with van der Waals surface area (Å²) in [7, 11) is 0. The number of primary amides is 1. The molecule has 2 bridgehead atoms. The summed E-state index contributed by atoms with van der Waals surface area (Å²) in [5.74, 6) is 0.0517. The standard InChI is InChI=1S/C25H39N3O4/c1-3-17(4-2)15-27(25(32)23(30)16-29)10-11-28-21-8-9-22(28)14-20(13-21)18-6-5-7-19(12-18)24(26)31/h5-7,12,17,20-23,29-30H,3-4,8-11,13-16H2,1-2H3,(H2,26,31)/t20?,21?,22?,23-/m1/s1. The molecule has 0 aromatic heterocycles. The van der Waals surface area contributed by atoms with Gasteiger partial charge in [0.25, 0.3) is 5.91 Å². The SMILES string of the molecule is CCC(CC)CN(CCN1C2CCC1CC(c1cccc(C(N)=O)c1)C2)C(=O)[C@H](O)CO. The second kappa shape index (κ2) is 11.3. The number of rotatable bonds is 11. The van der Waals surface area contributed by atoms with E-state index in [9.17, 15) is 19.8 Å². The molecule has 2 amide bonds. The van der Waals surface area contributed by atoms with Crippen molar-refractivity contribution in [2.75, 3.05) is 26.2 Å². The van der Waals surface area contributed by atoms with E-state index >= 15 is 0 Å². The third kappa shape index (κ3) is 5.69. The average molecular weight is 446 g/mol. The van der Waals surface area contributed by atoms with Crippen LogP contribution in [0.3, 0.4) is 0 Å². The van der Waals surface area contributed by atoms with E-state index in [1.54, 1.807) is 11.0 Å². The number of nitrogens with two attached hydrogens (primary N) is 1. The lowest BCUT2D eigenvalue weighted by molar-refractivity contribution is -0.143. The van der Waals surface area contributed by atoms with Crippen LogP contribution in [0.2, 0.25) is 0 Å². The highest BCUT2D eigenvalue weighted by atomic mass is 16.3. The smallest absolute Gasteiger partial charge is 0.253 e. The zero-order valence-electron chi connectivity index (χ0n) is 19.4. The van der Waals surface area contributed by atoms with Crippen LogP contribution in [0.25, 0.3) is 0 Å². The van der Waals surface area contributed by atoms with Crippen LogP contribution in [0.15, 0.2) is 24.3 Å². The van der Waals surface area contributed by atoms with Crippen LogP contribution in [0.1, 0.15) is 74.2 Å². The van der Waals surface area contributed by atoms with Crippen molar-refractivity contribution in [2.24, 2.45) is 11.7 Å². The summed E-state index contributed by atoms with van der Waals surface area (Å²) in [6, 6.07) is 8.64. The molecule has 178 valence electrons. The zero-order valence-corrected chi connectivity index (χ0v) is 19.4. The summed E-state index contributed by atoms with van der Waals surface area (Å²) in [6.07, 6.45) is 5.00. The summed E-state index contributed by atoms with van der Waals surface area (Å²) in [5, 5.41) is 19.2. The van der Waals surface area contributed by atoms with Crippen molar-refractivity contribution in [3.8, 4) is 0 Å². The molecule has 2 aliphatic rings. The number of carbonyl (C=O) groups is 2. The summed E-state index contributed by atoms with van der Waals surface area (Å²) in [4.78, 5) is 28.5. The summed E-state index contributed by atoms with van der Waals surface area (Å²) in [6.45, 7) is 5.68. The first-order chi connectivity index (χ1) is 15.4. The van der Waals surface area contributed by atoms with E-state index in [2.05, 4.69) is 24.8 Å². The lowest BCUT2D eigenvalue weighted by Crippen LogP contribution is -2.50. The number of carbonyl (C=O) groups excluding carboxylic acids is 2. The molecule has 3 atom stereocenters. The van der Waals surface area contributed by atoms with Gasteiger partial charge in [-0.1, -0.05) is 38.8 Å². The minimum absolute atomic E-state index is 0.370. The number of nitrogens with zero attached hydrogens (tertiary/aromatic N) is 2. The molecule has 1 aromatic rings. The fraction of sp³-hybridized carbons (Fsp3) is 0.680.